The minimum Gasteiger partial charge on any atom is -0.356 e. The molecule has 1 aromatic carbocycles. The van der Waals surface area contributed by atoms with Gasteiger partial charge in [0.1, 0.15) is 0 Å². The normalized spacial score (nSPS) is 12.4. The van der Waals surface area contributed by atoms with Crippen molar-refractivity contribution in [3.8, 4) is 0 Å². The van der Waals surface area contributed by atoms with Crippen molar-refractivity contribution < 1.29 is 8.42 Å². The molecule has 2 N–H and O–H groups in total. The molecule has 0 heterocycles. The van der Waals surface area contributed by atoms with Crippen molar-refractivity contribution in [1.29, 1.82) is 0 Å². The van der Waals surface area contributed by atoms with Crippen molar-refractivity contribution in [2.75, 3.05) is 18.8 Å². The quantitative estimate of drug-likeness (QED) is 0.250. The Balaban J connectivity index is 0.00000625. The predicted octanol–water partition coefficient (Wildman–Crippen LogP) is 3.66. The fourth-order valence-corrected chi connectivity index (χ4v) is 3.01. The molecule has 0 aliphatic rings. The average molecular weight is 495 g/mol. The van der Waals surface area contributed by atoms with Gasteiger partial charge in [0, 0.05) is 13.1 Å². The Bertz CT molecular complexity index is 650. The number of unbranched alkanes of at least 4 members (excludes halogenated alkanes) is 1. The summed E-state index contributed by atoms with van der Waals surface area (Å²) >= 11 is 0. The largest absolute Gasteiger partial charge is 0.356 e. The van der Waals surface area contributed by atoms with E-state index >= 15 is 0 Å². The van der Waals surface area contributed by atoms with Crippen LogP contribution in [0.5, 0.6) is 0 Å². The smallest absolute Gasteiger partial charge is 0.191 e. The number of hydrogen-bond donors (Lipinski definition) is 2. The van der Waals surface area contributed by atoms with Crippen LogP contribution in [0.15, 0.2) is 29.3 Å². The summed E-state index contributed by atoms with van der Waals surface area (Å²) in [5.74, 6) is 0.758. The Morgan fingerprint density at radius 2 is 1.65 bits per heavy atom. The van der Waals surface area contributed by atoms with Crippen LogP contribution in [0.4, 0.5) is 0 Å². The van der Waals surface area contributed by atoms with Crippen molar-refractivity contribution in [2.45, 2.75) is 58.8 Å². The molecule has 0 fully saturated rings. The standard InChI is InChI=1S/C19H33N3O2S.HI/c1-6-7-12-20-18(21-13-14-25(23,24)19(3,4)5)22-15-17-10-8-16(2)9-11-17;/h8-11H,6-7,12-15H2,1-5H3,(H2,20,21,22);1H. The maximum Gasteiger partial charge on any atom is 0.191 e. The molecule has 0 aliphatic heterocycles. The van der Waals surface area contributed by atoms with Crippen LogP contribution in [0.2, 0.25) is 0 Å². The first-order valence-electron chi connectivity index (χ1n) is 8.96. The molecule has 0 amide bonds. The molecule has 0 bridgehead atoms. The van der Waals surface area contributed by atoms with Gasteiger partial charge in [-0.05, 0) is 39.7 Å². The van der Waals surface area contributed by atoms with Crippen molar-refractivity contribution >= 4 is 39.8 Å². The van der Waals surface area contributed by atoms with E-state index < -0.39 is 14.6 Å². The van der Waals surface area contributed by atoms with Gasteiger partial charge in [-0.1, -0.05) is 43.2 Å². The Labute approximate surface area is 176 Å². The minimum absolute atomic E-state index is 0. The van der Waals surface area contributed by atoms with E-state index in [1.807, 2.05) is 0 Å². The molecule has 0 radical (unpaired) electrons. The molecule has 26 heavy (non-hydrogen) atoms. The summed E-state index contributed by atoms with van der Waals surface area (Å²) in [7, 11) is -3.14. The molecule has 0 unspecified atom stereocenters. The fourth-order valence-electron chi connectivity index (χ4n) is 2.03. The van der Waals surface area contributed by atoms with Gasteiger partial charge in [-0.2, -0.15) is 0 Å². The first-order valence-corrected chi connectivity index (χ1v) is 10.6. The van der Waals surface area contributed by atoms with E-state index in [1.165, 1.54) is 5.56 Å². The zero-order valence-corrected chi connectivity index (χ0v) is 19.8. The van der Waals surface area contributed by atoms with E-state index in [0.717, 1.165) is 24.9 Å². The highest BCUT2D eigenvalue weighted by Crippen LogP contribution is 2.15. The van der Waals surface area contributed by atoms with Gasteiger partial charge in [-0.25, -0.2) is 13.4 Å². The average Bonchev–Trinajstić information content (AvgIpc) is 2.52. The SMILES string of the molecule is CCCCNC(=NCc1ccc(C)cc1)NCCS(=O)(=O)C(C)(C)C.I. The molecule has 0 aromatic heterocycles. The summed E-state index contributed by atoms with van der Waals surface area (Å²) in [6.07, 6.45) is 2.14. The molecule has 150 valence electrons. The Kier molecular flexibility index (Phi) is 11.4. The Hall–Kier alpha value is -0.830. The number of benzene rings is 1. The molecule has 1 rings (SSSR count). The number of rotatable bonds is 8. The molecule has 0 aliphatic carbocycles. The van der Waals surface area contributed by atoms with Crippen LogP contribution in [0.25, 0.3) is 0 Å². The molecular weight excluding hydrogens is 461 g/mol. The second-order valence-electron chi connectivity index (χ2n) is 7.29. The lowest BCUT2D eigenvalue weighted by atomic mass is 10.1. The van der Waals surface area contributed by atoms with Crippen molar-refractivity contribution in [1.82, 2.24) is 10.6 Å². The number of guanidine groups is 1. The van der Waals surface area contributed by atoms with E-state index in [1.54, 1.807) is 20.8 Å². The van der Waals surface area contributed by atoms with Gasteiger partial charge in [0.2, 0.25) is 0 Å². The zero-order chi connectivity index (χ0) is 18.9. The van der Waals surface area contributed by atoms with Crippen LogP contribution in [0, 0.1) is 6.92 Å². The molecule has 0 saturated heterocycles. The third-order valence-electron chi connectivity index (χ3n) is 3.96. The monoisotopic (exact) mass is 495 g/mol. The molecule has 0 atom stereocenters. The molecule has 5 nitrogen and oxygen atoms in total. The van der Waals surface area contributed by atoms with Crippen LogP contribution >= 0.6 is 24.0 Å². The molecule has 0 saturated carbocycles. The van der Waals surface area contributed by atoms with E-state index in [-0.39, 0.29) is 29.7 Å². The third kappa shape index (κ3) is 9.21. The second-order valence-corrected chi connectivity index (χ2v) is 10.2. The molecule has 0 spiro atoms. The molecule has 1 aromatic rings. The first kappa shape index (κ1) is 25.2. The highest BCUT2D eigenvalue weighted by atomic mass is 127. The lowest BCUT2D eigenvalue weighted by Gasteiger charge is -2.20. The summed E-state index contributed by atoms with van der Waals surface area (Å²) in [5.41, 5.74) is 2.35. The van der Waals surface area contributed by atoms with Gasteiger partial charge in [-0.3, -0.25) is 0 Å². The third-order valence-corrected chi connectivity index (χ3v) is 6.57. The van der Waals surface area contributed by atoms with E-state index in [9.17, 15) is 8.42 Å². The van der Waals surface area contributed by atoms with Crippen LogP contribution in [0.1, 0.15) is 51.7 Å². The van der Waals surface area contributed by atoms with Crippen molar-refractivity contribution in [3.63, 3.8) is 0 Å². The summed E-state index contributed by atoms with van der Waals surface area (Å²) in [4.78, 5) is 4.58. The first-order chi connectivity index (χ1) is 11.7. The van der Waals surface area contributed by atoms with Crippen molar-refractivity contribution in [2.24, 2.45) is 4.99 Å². The summed E-state index contributed by atoms with van der Waals surface area (Å²) in [6, 6.07) is 8.26. The molecular formula is C19H34IN3O2S. The van der Waals surface area contributed by atoms with Gasteiger partial charge in [0.05, 0.1) is 17.0 Å². The number of hydrogen-bond acceptors (Lipinski definition) is 3. The topological polar surface area (TPSA) is 70.6 Å². The van der Waals surface area contributed by atoms with Gasteiger partial charge in [0.15, 0.2) is 15.8 Å². The number of sulfone groups is 1. The van der Waals surface area contributed by atoms with Crippen molar-refractivity contribution in [3.05, 3.63) is 35.4 Å². The highest BCUT2D eigenvalue weighted by molar-refractivity contribution is 14.0. The number of aliphatic imine (C=N–C) groups is 1. The van der Waals surface area contributed by atoms with E-state index in [0.29, 0.717) is 19.0 Å². The van der Waals surface area contributed by atoms with Crippen LogP contribution in [-0.2, 0) is 16.4 Å². The fraction of sp³-hybridized carbons (Fsp3) is 0.632. The summed E-state index contributed by atoms with van der Waals surface area (Å²) < 4.78 is 23.7. The van der Waals surface area contributed by atoms with Gasteiger partial charge in [0.25, 0.3) is 0 Å². The van der Waals surface area contributed by atoms with E-state index in [2.05, 4.69) is 53.7 Å². The number of nitrogens with zero attached hydrogens (tertiary/aromatic N) is 1. The zero-order valence-electron chi connectivity index (χ0n) is 16.6. The van der Waals surface area contributed by atoms with Gasteiger partial charge in [-0.15, -0.1) is 24.0 Å². The maximum absolute atomic E-state index is 12.2. The van der Waals surface area contributed by atoms with E-state index in [4.69, 9.17) is 0 Å². The number of aryl methyl sites for hydroxylation is 1. The summed E-state index contributed by atoms with van der Waals surface area (Å²) in [6.45, 7) is 11.1. The van der Waals surface area contributed by atoms with Crippen LogP contribution in [0.3, 0.4) is 0 Å². The van der Waals surface area contributed by atoms with Crippen LogP contribution < -0.4 is 10.6 Å². The number of halogens is 1. The number of nitrogens with one attached hydrogen (secondary N) is 2. The maximum atomic E-state index is 12.2. The lowest BCUT2D eigenvalue weighted by molar-refractivity contribution is 0.559. The van der Waals surface area contributed by atoms with Crippen LogP contribution in [-0.4, -0.2) is 38.0 Å². The minimum atomic E-state index is -3.14. The second kappa shape index (κ2) is 11.8. The predicted molar refractivity (Wildman–Crippen MR) is 122 cm³/mol. The lowest BCUT2D eigenvalue weighted by Crippen LogP contribution is -2.42. The molecule has 7 heteroatoms. The van der Waals surface area contributed by atoms with Gasteiger partial charge < -0.3 is 10.6 Å². The summed E-state index contributed by atoms with van der Waals surface area (Å²) in [5, 5.41) is 6.42. The Morgan fingerprint density at radius 1 is 1.08 bits per heavy atom. The van der Waals surface area contributed by atoms with Gasteiger partial charge >= 0.3 is 0 Å². The Morgan fingerprint density at radius 3 is 2.19 bits per heavy atom. The highest BCUT2D eigenvalue weighted by Gasteiger charge is 2.28.